The van der Waals surface area contributed by atoms with Crippen LogP contribution in [0.3, 0.4) is 0 Å². The Kier molecular flexibility index (Phi) is 13.6. The van der Waals surface area contributed by atoms with E-state index in [2.05, 4.69) is 45.9 Å². The van der Waals surface area contributed by atoms with Crippen molar-refractivity contribution in [3.8, 4) is 0 Å². The number of hydrogen-bond donors (Lipinski definition) is 7. The predicted molar refractivity (Wildman–Crippen MR) is 227 cm³/mol. The molecule has 0 bridgehead atoms. The molecule has 7 N–H and O–H groups in total. The highest BCUT2D eigenvalue weighted by atomic mass is 32.2. The number of aromatic nitrogens is 6. The summed E-state index contributed by atoms with van der Waals surface area (Å²) in [5.74, 6) is 1.09. The number of hydrogen-bond acceptors (Lipinski definition) is 17. The highest BCUT2D eigenvalue weighted by Crippen LogP contribution is 2.28. The van der Waals surface area contributed by atoms with Crippen LogP contribution in [0.4, 0.5) is 46.8 Å². The van der Waals surface area contributed by atoms with E-state index in [-0.39, 0.29) is 85.1 Å². The Morgan fingerprint density at radius 3 is 1.50 bits per heavy atom. The van der Waals surface area contributed by atoms with Crippen LogP contribution in [0.5, 0.6) is 0 Å². The molecule has 4 aromatic carbocycles. The van der Waals surface area contributed by atoms with Crippen molar-refractivity contribution >= 4 is 79.2 Å². The first kappa shape index (κ1) is 43.0. The number of rotatable bonds is 18. The van der Waals surface area contributed by atoms with Crippen molar-refractivity contribution in [3.05, 3.63) is 120 Å². The molecule has 0 radical (unpaired) electrons. The van der Waals surface area contributed by atoms with Gasteiger partial charge in [0.05, 0.1) is 13.2 Å². The molecule has 60 heavy (non-hydrogen) atoms. The maximum atomic E-state index is 12.7. The Morgan fingerprint density at radius 1 is 0.550 bits per heavy atom. The molecule has 2 aromatic heterocycles. The lowest BCUT2D eigenvalue weighted by Gasteiger charge is -2.18. The molecule has 0 unspecified atom stereocenters. The lowest BCUT2D eigenvalue weighted by atomic mass is 10.1. The molecule has 21 heteroatoms. The van der Waals surface area contributed by atoms with Gasteiger partial charge >= 0.3 is 0 Å². The second-order valence-electron chi connectivity index (χ2n) is 13.1. The zero-order chi connectivity index (χ0) is 42.9. The van der Waals surface area contributed by atoms with Crippen LogP contribution < -0.4 is 25.8 Å². The Bertz CT molecular complexity index is 2510. The van der Waals surface area contributed by atoms with Crippen molar-refractivity contribution in [1.82, 2.24) is 29.9 Å². The number of para-hydroxylation sites is 2. The summed E-state index contributed by atoms with van der Waals surface area (Å²) in [7, 11) is -6.30. The molecule has 0 atom stereocenters. The van der Waals surface area contributed by atoms with Crippen molar-refractivity contribution in [2.45, 2.75) is 16.2 Å². The summed E-state index contributed by atoms with van der Waals surface area (Å²) in [6.07, 6.45) is 2.58. The zero-order valence-corrected chi connectivity index (χ0v) is 33.9. The summed E-state index contributed by atoms with van der Waals surface area (Å²) < 4.78 is 71.2. The quantitative estimate of drug-likeness (QED) is 0.0466. The summed E-state index contributed by atoms with van der Waals surface area (Å²) in [4.78, 5) is 28.9. The molecule has 2 heterocycles. The normalized spacial score (nSPS) is 11.7. The molecule has 0 saturated heterocycles. The highest BCUT2D eigenvalue weighted by molar-refractivity contribution is 7.86. The minimum Gasteiger partial charge on any atom is -0.395 e. The van der Waals surface area contributed by atoms with Gasteiger partial charge in [-0.1, -0.05) is 66.7 Å². The summed E-state index contributed by atoms with van der Waals surface area (Å²) in [5, 5.41) is 28.1. The molecule has 0 fully saturated rings. The average Bonchev–Trinajstić information content (AvgIpc) is 3.20. The maximum absolute atomic E-state index is 12.7. The third-order valence-corrected chi connectivity index (χ3v) is 10.4. The van der Waals surface area contributed by atoms with E-state index in [1.54, 1.807) is 42.1 Å². The molecule has 0 spiro atoms. The molecule has 312 valence electrons. The lowest BCUT2D eigenvalue weighted by Crippen LogP contribution is -2.24. The molecule has 0 aliphatic carbocycles. The highest BCUT2D eigenvalue weighted by Gasteiger charge is 2.20. The van der Waals surface area contributed by atoms with Gasteiger partial charge in [0.15, 0.2) is 0 Å². The third kappa shape index (κ3) is 11.5. The largest absolute Gasteiger partial charge is 0.395 e. The molecule has 6 aromatic rings. The summed E-state index contributed by atoms with van der Waals surface area (Å²) in [6.45, 7) is 0.119. The van der Waals surface area contributed by atoms with E-state index >= 15 is 0 Å². The summed E-state index contributed by atoms with van der Waals surface area (Å²) >= 11 is 0. The van der Waals surface area contributed by atoms with Gasteiger partial charge in [0.1, 0.15) is 15.6 Å². The topological polar surface area (TPSA) is 269 Å². The van der Waals surface area contributed by atoms with Gasteiger partial charge < -0.3 is 36.0 Å². The van der Waals surface area contributed by atoms with E-state index in [1.807, 2.05) is 48.5 Å². The van der Waals surface area contributed by atoms with Gasteiger partial charge in [-0.2, -0.15) is 46.7 Å². The van der Waals surface area contributed by atoms with Crippen molar-refractivity contribution in [1.29, 1.82) is 0 Å². The molecular formula is C39H41N11O8S2. The molecule has 0 aliphatic rings. The van der Waals surface area contributed by atoms with E-state index in [1.165, 1.54) is 36.4 Å². The fourth-order valence-electron chi connectivity index (χ4n) is 5.68. The zero-order valence-electron chi connectivity index (χ0n) is 32.2. The number of likely N-dealkylation sites (N-methyl/N-ethyl adjacent to an activating group) is 2. The van der Waals surface area contributed by atoms with Crippen molar-refractivity contribution in [3.63, 3.8) is 0 Å². The van der Waals surface area contributed by atoms with E-state index in [9.17, 15) is 36.2 Å². The molecule has 0 aliphatic heterocycles. The van der Waals surface area contributed by atoms with E-state index < -0.39 is 30.0 Å². The first-order chi connectivity index (χ1) is 28.7. The first-order valence-corrected chi connectivity index (χ1v) is 21.0. The van der Waals surface area contributed by atoms with Gasteiger partial charge in [-0.3, -0.25) is 9.11 Å². The van der Waals surface area contributed by atoms with Crippen molar-refractivity contribution < 1.29 is 36.2 Å². The summed E-state index contributed by atoms with van der Waals surface area (Å²) in [5.41, 5.74) is 1.98. The molecule has 19 nitrogen and oxygen atoms in total. The van der Waals surface area contributed by atoms with Crippen molar-refractivity contribution in [2.75, 3.05) is 66.1 Å². The second kappa shape index (κ2) is 19.0. The molecular weight excluding hydrogens is 815 g/mol. The number of aliphatic hydroxyl groups excluding tert-OH is 2. The van der Waals surface area contributed by atoms with Gasteiger partial charge in [0.25, 0.3) is 20.2 Å². The minimum atomic E-state index is -4.85. The fourth-order valence-corrected chi connectivity index (χ4v) is 7.12. The van der Waals surface area contributed by atoms with Gasteiger partial charge in [-0.05, 0) is 59.2 Å². The van der Waals surface area contributed by atoms with Crippen LogP contribution in [0.2, 0.25) is 0 Å². The first-order valence-electron chi connectivity index (χ1n) is 18.1. The minimum absolute atomic E-state index is 0.0120. The van der Waals surface area contributed by atoms with E-state index in [0.29, 0.717) is 16.9 Å². The van der Waals surface area contributed by atoms with Crippen LogP contribution >= 0.6 is 0 Å². The van der Waals surface area contributed by atoms with Gasteiger partial charge in [0, 0.05) is 50.7 Å². The molecule has 6 rings (SSSR count). The second-order valence-corrected chi connectivity index (χ2v) is 15.9. The predicted octanol–water partition coefficient (Wildman–Crippen LogP) is 4.40. The van der Waals surface area contributed by atoms with Crippen LogP contribution in [0.1, 0.15) is 22.5 Å². The van der Waals surface area contributed by atoms with Gasteiger partial charge in [-0.15, -0.1) is 0 Å². The lowest BCUT2D eigenvalue weighted by molar-refractivity contribution is 0.303. The van der Waals surface area contributed by atoms with Gasteiger partial charge in [0.2, 0.25) is 29.7 Å². The number of anilines is 8. The Hall–Kier alpha value is -6.62. The Labute approximate surface area is 346 Å². The Morgan fingerprint density at radius 2 is 1.00 bits per heavy atom. The van der Waals surface area contributed by atoms with E-state index in [4.69, 9.17) is 0 Å². The number of nitrogens with one attached hydrogen (secondary N) is 3. The van der Waals surface area contributed by atoms with Crippen LogP contribution in [-0.4, -0.2) is 106 Å². The standard InChI is InChI=1S/C39H41N11O8S2/c1-49(19-21-51)38-44-34(43-35(46-38)40-29-9-5-3-6-10-29)24-26-13-14-27(32(23-26)59(53,54)55)15-16-28-17-18-31(25-33(28)60(56,57)58)42-37-45-36(41-30-11-7-4-8-12-30)47-39(48-37)50(2)20-22-52/h3-18,23,25,51-52H,19-22,24H2,1-2H3,(H,53,54,55)(H,56,57,58)(H,40,43,44,46)(H2,41,42,45,47,48)/b16-15+. The fraction of sp³-hybridized carbons (Fsp3) is 0.179. The van der Waals surface area contributed by atoms with Crippen LogP contribution in [0.15, 0.2) is 107 Å². The SMILES string of the molecule is CN(CCO)c1nc(Cc2ccc(/C=C/c3ccc(Nc4nc(Nc5ccccc5)nc(N(C)CCO)n4)cc3S(=O)(=O)O)c(S(=O)(=O)O)c2)nc(Nc2ccccc2)n1. The smallest absolute Gasteiger partial charge is 0.295 e. The van der Waals surface area contributed by atoms with Crippen molar-refractivity contribution in [2.24, 2.45) is 0 Å². The molecule has 0 saturated carbocycles. The Balaban J connectivity index is 1.29. The molecule has 0 amide bonds. The third-order valence-electron chi connectivity index (χ3n) is 8.62. The summed E-state index contributed by atoms with van der Waals surface area (Å²) in [6, 6.07) is 26.6. The van der Waals surface area contributed by atoms with Crippen LogP contribution in [0.25, 0.3) is 12.2 Å². The number of aliphatic hydroxyl groups is 2. The average molecular weight is 856 g/mol. The van der Waals surface area contributed by atoms with E-state index in [0.717, 1.165) is 6.07 Å². The maximum Gasteiger partial charge on any atom is 0.295 e. The van der Waals surface area contributed by atoms with Gasteiger partial charge in [-0.25, -0.2) is 0 Å². The monoisotopic (exact) mass is 855 g/mol. The van der Waals surface area contributed by atoms with Crippen LogP contribution in [-0.2, 0) is 26.7 Å². The number of nitrogens with zero attached hydrogens (tertiary/aromatic N) is 8. The number of benzene rings is 4. The van der Waals surface area contributed by atoms with Crippen LogP contribution in [0, 0.1) is 0 Å².